The van der Waals surface area contributed by atoms with E-state index in [4.69, 9.17) is 5.73 Å². The molecular weight excluding hydrogens is 186 g/mol. The number of rotatable bonds is 4. The number of aliphatic hydroxyl groups excluding tert-OH is 1. The zero-order chi connectivity index (χ0) is 10.9. The van der Waals surface area contributed by atoms with E-state index in [-0.39, 0.29) is 11.5 Å². The van der Waals surface area contributed by atoms with Gasteiger partial charge in [-0.05, 0) is 37.3 Å². The SMILES string of the molecule is CC(O)Cc1cccc(C2(CN)CC2)c1. The van der Waals surface area contributed by atoms with E-state index < -0.39 is 0 Å². The van der Waals surface area contributed by atoms with Gasteiger partial charge in [0.1, 0.15) is 0 Å². The van der Waals surface area contributed by atoms with Crippen molar-refractivity contribution in [2.75, 3.05) is 6.54 Å². The monoisotopic (exact) mass is 205 g/mol. The second kappa shape index (κ2) is 3.95. The standard InChI is InChI=1S/C13H19NO/c1-10(15)7-11-3-2-4-12(8-11)13(9-14)5-6-13/h2-4,8,10,15H,5-7,9,14H2,1H3. The first-order chi connectivity index (χ1) is 7.16. The second-order valence-electron chi connectivity index (χ2n) is 4.74. The lowest BCUT2D eigenvalue weighted by Gasteiger charge is -2.14. The third-order valence-corrected chi connectivity index (χ3v) is 3.31. The van der Waals surface area contributed by atoms with Gasteiger partial charge < -0.3 is 10.8 Å². The Morgan fingerprint density at radius 1 is 1.47 bits per heavy atom. The highest BCUT2D eigenvalue weighted by Crippen LogP contribution is 2.47. The van der Waals surface area contributed by atoms with Crippen LogP contribution in [0.4, 0.5) is 0 Å². The Morgan fingerprint density at radius 3 is 2.73 bits per heavy atom. The van der Waals surface area contributed by atoms with Gasteiger partial charge in [0.25, 0.3) is 0 Å². The topological polar surface area (TPSA) is 46.2 Å². The maximum Gasteiger partial charge on any atom is 0.0552 e. The summed E-state index contributed by atoms with van der Waals surface area (Å²) in [4.78, 5) is 0. The van der Waals surface area contributed by atoms with Crippen molar-refractivity contribution < 1.29 is 5.11 Å². The normalized spacial score (nSPS) is 19.9. The van der Waals surface area contributed by atoms with Crippen LogP contribution in [0.1, 0.15) is 30.9 Å². The zero-order valence-corrected chi connectivity index (χ0v) is 9.24. The summed E-state index contributed by atoms with van der Waals surface area (Å²) in [5.41, 5.74) is 8.62. The molecule has 2 nitrogen and oxygen atoms in total. The van der Waals surface area contributed by atoms with Crippen LogP contribution < -0.4 is 5.73 Å². The molecule has 1 atom stereocenters. The molecule has 0 spiro atoms. The maximum atomic E-state index is 9.35. The lowest BCUT2D eigenvalue weighted by Crippen LogP contribution is -2.20. The summed E-state index contributed by atoms with van der Waals surface area (Å²) >= 11 is 0. The first-order valence-electron chi connectivity index (χ1n) is 5.64. The van der Waals surface area contributed by atoms with Gasteiger partial charge >= 0.3 is 0 Å². The second-order valence-corrected chi connectivity index (χ2v) is 4.74. The van der Waals surface area contributed by atoms with Crippen LogP contribution in [0.25, 0.3) is 0 Å². The Morgan fingerprint density at radius 2 is 2.20 bits per heavy atom. The Labute approximate surface area is 91.1 Å². The van der Waals surface area contributed by atoms with Crippen LogP contribution in [0.3, 0.4) is 0 Å². The fourth-order valence-corrected chi connectivity index (χ4v) is 2.13. The third-order valence-electron chi connectivity index (χ3n) is 3.31. The van der Waals surface area contributed by atoms with Crippen molar-refractivity contribution in [3.63, 3.8) is 0 Å². The van der Waals surface area contributed by atoms with Crippen LogP contribution in [0, 0.1) is 0 Å². The molecule has 1 aliphatic rings. The van der Waals surface area contributed by atoms with Crippen molar-refractivity contribution in [2.45, 2.75) is 37.7 Å². The van der Waals surface area contributed by atoms with Crippen LogP contribution in [-0.4, -0.2) is 17.8 Å². The van der Waals surface area contributed by atoms with Crippen molar-refractivity contribution in [3.8, 4) is 0 Å². The Balaban J connectivity index is 2.19. The summed E-state index contributed by atoms with van der Waals surface area (Å²) in [6, 6.07) is 8.50. The van der Waals surface area contributed by atoms with E-state index in [2.05, 4.69) is 24.3 Å². The molecule has 1 aromatic carbocycles. The summed E-state index contributed by atoms with van der Waals surface area (Å²) < 4.78 is 0. The van der Waals surface area contributed by atoms with E-state index in [9.17, 15) is 5.11 Å². The van der Waals surface area contributed by atoms with Crippen molar-refractivity contribution in [1.29, 1.82) is 0 Å². The fraction of sp³-hybridized carbons (Fsp3) is 0.538. The van der Waals surface area contributed by atoms with Crippen LogP contribution in [0.2, 0.25) is 0 Å². The molecule has 0 aromatic heterocycles. The molecule has 0 radical (unpaired) electrons. The molecule has 82 valence electrons. The predicted octanol–water partition coefficient (Wildman–Crippen LogP) is 1.60. The van der Waals surface area contributed by atoms with Gasteiger partial charge in [0, 0.05) is 12.0 Å². The first-order valence-corrected chi connectivity index (χ1v) is 5.64. The largest absolute Gasteiger partial charge is 0.393 e. The highest BCUT2D eigenvalue weighted by atomic mass is 16.3. The van der Waals surface area contributed by atoms with Gasteiger partial charge in [-0.3, -0.25) is 0 Å². The fourth-order valence-electron chi connectivity index (χ4n) is 2.13. The van der Waals surface area contributed by atoms with Crippen LogP contribution in [0.5, 0.6) is 0 Å². The Hall–Kier alpha value is -0.860. The smallest absolute Gasteiger partial charge is 0.0552 e. The molecule has 0 saturated heterocycles. The van der Waals surface area contributed by atoms with Gasteiger partial charge in [-0.2, -0.15) is 0 Å². The van der Waals surface area contributed by atoms with Crippen molar-refractivity contribution in [2.24, 2.45) is 5.73 Å². The van der Waals surface area contributed by atoms with E-state index in [0.717, 1.165) is 13.0 Å². The predicted molar refractivity (Wildman–Crippen MR) is 61.8 cm³/mol. The molecule has 2 heteroatoms. The van der Waals surface area contributed by atoms with E-state index >= 15 is 0 Å². The molecular formula is C13H19NO. The molecule has 1 aliphatic carbocycles. The van der Waals surface area contributed by atoms with E-state index in [1.807, 2.05) is 6.92 Å². The summed E-state index contributed by atoms with van der Waals surface area (Å²) in [5.74, 6) is 0. The van der Waals surface area contributed by atoms with Gasteiger partial charge in [-0.1, -0.05) is 24.3 Å². The van der Waals surface area contributed by atoms with Crippen molar-refractivity contribution in [1.82, 2.24) is 0 Å². The third kappa shape index (κ3) is 2.21. The number of benzene rings is 1. The van der Waals surface area contributed by atoms with Gasteiger partial charge in [0.05, 0.1) is 6.10 Å². The molecule has 1 saturated carbocycles. The van der Waals surface area contributed by atoms with Crippen molar-refractivity contribution in [3.05, 3.63) is 35.4 Å². The number of aliphatic hydroxyl groups is 1. The molecule has 0 heterocycles. The number of nitrogens with two attached hydrogens (primary N) is 1. The summed E-state index contributed by atoms with van der Waals surface area (Å²) in [6.45, 7) is 2.56. The van der Waals surface area contributed by atoms with E-state index in [1.54, 1.807) is 0 Å². The molecule has 15 heavy (non-hydrogen) atoms. The number of hydrogen-bond acceptors (Lipinski definition) is 2. The minimum absolute atomic E-state index is 0.259. The van der Waals surface area contributed by atoms with Gasteiger partial charge in [0.2, 0.25) is 0 Å². The summed E-state index contributed by atoms with van der Waals surface area (Å²) in [7, 11) is 0. The van der Waals surface area contributed by atoms with Crippen LogP contribution >= 0.6 is 0 Å². The quantitative estimate of drug-likeness (QED) is 0.784. The number of hydrogen-bond donors (Lipinski definition) is 2. The van der Waals surface area contributed by atoms with Crippen LogP contribution in [-0.2, 0) is 11.8 Å². The molecule has 1 unspecified atom stereocenters. The minimum Gasteiger partial charge on any atom is -0.393 e. The maximum absolute atomic E-state index is 9.35. The summed E-state index contributed by atoms with van der Waals surface area (Å²) in [6.07, 6.45) is 2.88. The van der Waals surface area contributed by atoms with Crippen molar-refractivity contribution >= 4 is 0 Å². The average molecular weight is 205 g/mol. The van der Waals surface area contributed by atoms with Gasteiger partial charge in [-0.15, -0.1) is 0 Å². The highest BCUT2D eigenvalue weighted by molar-refractivity contribution is 5.35. The first kappa shape index (κ1) is 10.7. The van der Waals surface area contributed by atoms with E-state index in [1.165, 1.54) is 24.0 Å². The van der Waals surface area contributed by atoms with E-state index in [0.29, 0.717) is 0 Å². The lowest BCUT2D eigenvalue weighted by atomic mass is 9.93. The highest BCUT2D eigenvalue weighted by Gasteiger charge is 2.42. The molecule has 3 N–H and O–H groups in total. The molecule has 0 bridgehead atoms. The van der Waals surface area contributed by atoms with Gasteiger partial charge in [0.15, 0.2) is 0 Å². The summed E-state index contributed by atoms with van der Waals surface area (Å²) in [5, 5.41) is 9.35. The lowest BCUT2D eigenvalue weighted by molar-refractivity contribution is 0.195. The molecule has 1 fully saturated rings. The van der Waals surface area contributed by atoms with Gasteiger partial charge in [-0.25, -0.2) is 0 Å². The average Bonchev–Trinajstić information content (AvgIpc) is 2.97. The molecule has 1 aromatic rings. The molecule has 0 aliphatic heterocycles. The zero-order valence-electron chi connectivity index (χ0n) is 9.24. The molecule has 2 rings (SSSR count). The Bertz CT molecular complexity index is 342. The minimum atomic E-state index is -0.270. The Kier molecular flexibility index (Phi) is 2.81. The molecule has 0 amide bonds. The van der Waals surface area contributed by atoms with Crippen LogP contribution in [0.15, 0.2) is 24.3 Å².